The van der Waals surface area contributed by atoms with Crippen LogP contribution in [0.25, 0.3) is 0 Å². The maximum atomic E-state index is 12.6. The van der Waals surface area contributed by atoms with Crippen LogP contribution in [0.15, 0.2) is 46.5 Å². The quantitative estimate of drug-likeness (QED) is 0.763. The van der Waals surface area contributed by atoms with E-state index in [-0.39, 0.29) is 24.1 Å². The summed E-state index contributed by atoms with van der Waals surface area (Å²) in [6.07, 6.45) is 8.62. The topological polar surface area (TPSA) is 88.1 Å². The summed E-state index contributed by atoms with van der Waals surface area (Å²) in [6, 6.07) is 9.37. The smallest absolute Gasteiger partial charge is 0.234 e. The monoisotopic (exact) mass is 424 g/mol. The fourth-order valence-corrected chi connectivity index (χ4v) is 4.97. The van der Waals surface area contributed by atoms with Gasteiger partial charge in [-0.3, -0.25) is 9.79 Å². The van der Waals surface area contributed by atoms with Crippen molar-refractivity contribution in [1.29, 1.82) is 0 Å². The first-order valence-corrected chi connectivity index (χ1v) is 11.4. The molecule has 7 nitrogen and oxygen atoms in total. The first-order chi connectivity index (χ1) is 14.7. The number of aromatic amines is 1. The van der Waals surface area contributed by atoms with Crippen molar-refractivity contribution in [3.05, 3.63) is 42.2 Å². The Kier molecular flexibility index (Phi) is 5.25. The Morgan fingerprint density at radius 2 is 1.93 bits per heavy atom. The lowest BCUT2D eigenvalue weighted by Gasteiger charge is -2.20. The van der Waals surface area contributed by atoms with Gasteiger partial charge in [-0.15, -0.1) is 0 Å². The molecule has 30 heavy (non-hydrogen) atoms. The van der Waals surface area contributed by atoms with Gasteiger partial charge in [0.1, 0.15) is 10.8 Å². The summed E-state index contributed by atoms with van der Waals surface area (Å²) in [5.41, 5.74) is 2.17. The van der Waals surface area contributed by atoms with Crippen molar-refractivity contribution in [2.75, 3.05) is 17.9 Å². The van der Waals surface area contributed by atoms with Gasteiger partial charge >= 0.3 is 0 Å². The Hall–Kier alpha value is -2.74. The van der Waals surface area contributed by atoms with Gasteiger partial charge in [0, 0.05) is 18.0 Å². The summed E-state index contributed by atoms with van der Waals surface area (Å²) in [6.45, 7) is 0.213. The zero-order valence-corrected chi connectivity index (χ0v) is 17.5. The molecule has 8 heteroatoms. The van der Waals surface area contributed by atoms with Crippen LogP contribution < -0.4 is 14.8 Å². The second-order valence-corrected chi connectivity index (χ2v) is 8.73. The van der Waals surface area contributed by atoms with E-state index in [1.807, 2.05) is 24.4 Å². The average Bonchev–Trinajstić information content (AvgIpc) is 3.45. The molecule has 1 saturated carbocycles. The maximum Gasteiger partial charge on any atom is 0.234 e. The van der Waals surface area contributed by atoms with Crippen LogP contribution in [0.1, 0.15) is 44.2 Å². The average molecular weight is 425 g/mol. The van der Waals surface area contributed by atoms with E-state index in [0.717, 1.165) is 42.1 Å². The fraction of sp³-hybridized carbons (Fsp3) is 0.409. The van der Waals surface area contributed by atoms with Crippen LogP contribution in [0.2, 0.25) is 0 Å². The highest BCUT2D eigenvalue weighted by atomic mass is 32.2. The zero-order valence-electron chi connectivity index (χ0n) is 16.6. The van der Waals surface area contributed by atoms with Gasteiger partial charge in [-0.05, 0) is 49.9 Å². The summed E-state index contributed by atoms with van der Waals surface area (Å²) in [5, 5.41) is 3.78. The summed E-state index contributed by atoms with van der Waals surface area (Å²) in [4.78, 5) is 25.9. The molecule has 0 saturated heterocycles. The second kappa shape index (κ2) is 8.18. The van der Waals surface area contributed by atoms with Crippen LogP contribution in [0.4, 0.5) is 5.69 Å². The number of hydrogen-bond acceptors (Lipinski definition) is 6. The molecule has 2 aliphatic heterocycles. The number of benzene rings is 1. The lowest BCUT2D eigenvalue weighted by Crippen LogP contribution is -2.20. The number of aromatic nitrogens is 1. The highest BCUT2D eigenvalue weighted by molar-refractivity contribution is 8.16. The standard InChI is InChI=1S/C22H24N4O3S/c27-19(24-15-7-8-17-18(12-15)29-14-28-17)13-30-21-20(16-6-5-11-23-16)25-22(26-21)9-3-1-2-4-10-22/h5-8,11-12,23H,1-4,9-10,13-14H2,(H,24,27). The second-order valence-electron chi connectivity index (χ2n) is 7.76. The number of H-pyrrole nitrogens is 1. The number of aliphatic imine (C=N–C) groups is 2. The highest BCUT2D eigenvalue weighted by Crippen LogP contribution is 2.38. The third-order valence-corrected chi connectivity index (χ3v) is 6.55. The van der Waals surface area contributed by atoms with E-state index in [0.29, 0.717) is 17.2 Å². The van der Waals surface area contributed by atoms with E-state index < -0.39 is 0 Å². The van der Waals surface area contributed by atoms with Crippen molar-refractivity contribution >= 4 is 34.1 Å². The number of carbonyl (C=O) groups is 1. The van der Waals surface area contributed by atoms with Crippen molar-refractivity contribution in [3.63, 3.8) is 0 Å². The number of carbonyl (C=O) groups excluding carboxylic acids is 1. The number of anilines is 1. The van der Waals surface area contributed by atoms with Crippen LogP contribution in [0, 0.1) is 0 Å². The Morgan fingerprint density at radius 3 is 2.73 bits per heavy atom. The van der Waals surface area contributed by atoms with Gasteiger partial charge < -0.3 is 19.8 Å². The molecular formula is C22H24N4O3S. The molecule has 1 aromatic carbocycles. The first-order valence-electron chi connectivity index (χ1n) is 10.4. The molecule has 3 heterocycles. The predicted molar refractivity (Wildman–Crippen MR) is 119 cm³/mol. The van der Waals surface area contributed by atoms with Gasteiger partial charge in [0.05, 0.1) is 11.4 Å². The minimum absolute atomic E-state index is 0.0887. The largest absolute Gasteiger partial charge is 0.454 e. The summed E-state index contributed by atoms with van der Waals surface area (Å²) < 4.78 is 10.7. The number of rotatable bonds is 4. The number of fused-ring (bicyclic) bond motifs is 1. The molecule has 1 fully saturated rings. The van der Waals surface area contributed by atoms with E-state index in [9.17, 15) is 4.79 Å². The lowest BCUT2D eigenvalue weighted by molar-refractivity contribution is -0.113. The molecule has 0 radical (unpaired) electrons. The third-order valence-electron chi connectivity index (χ3n) is 5.59. The molecule has 0 bridgehead atoms. The van der Waals surface area contributed by atoms with E-state index >= 15 is 0 Å². The molecule has 1 aromatic heterocycles. The zero-order chi connectivity index (χ0) is 20.4. The minimum Gasteiger partial charge on any atom is -0.454 e. The van der Waals surface area contributed by atoms with Crippen molar-refractivity contribution in [2.24, 2.45) is 9.98 Å². The van der Waals surface area contributed by atoms with Crippen molar-refractivity contribution in [1.82, 2.24) is 4.98 Å². The number of thioether (sulfide) groups is 1. The molecule has 0 unspecified atom stereocenters. The Labute approximate surface area is 179 Å². The summed E-state index contributed by atoms with van der Waals surface area (Å²) >= 11 is 1.45. The van der Waals surface area contributed by atoms with Crippen LogP contribution in [-0.2, 0) is 4.79 Å². The molecule has 1 amide bonds. The Balaban J connectivity index is 1.29. The van der Waals surface area contributed by atoms with Crippen molar-refractivity contribution < 1.29 is 14.3 Å². The lowest BCUT2D eigenvalue weighted by atomic mass is 10.0. The van der Waals surface area contributed by atoms with Crippen molar-refractivity contribution in [2.45, 2.75) is 44.2 Å². The highest BCUT2D eigenvalue weighted by Gasteiger charge is 2.37. The number of ether oxygens (including phenoxy) is 2. The maximum absolute atomic E-state index is 12.6. The molecular weight excluding hydrogens is 400 g/mol. The number of amides is 1. The van der Waals surface area contributed by atoms with Crippen LogP contribution in [-0.4, -0.2) is 39.9 Å². The first kappa shape index (κ1) is 19.2. The molecule has 1 spiro atoms. The van der Waals surface area contributed by atoms with E-state index in [4.69, 9.17) is 19.5 Å². The number of hydrogen-bond donors (Lipinski definition) is 2. The molecule has 156 valence electrons. The normalized spacial score (nSPS) is 19.3. The van der Waals surface area contributed by atoms with Crippen LogP contribution >= 0.6 is 11.8 Å². The fourth-order valence-electron chi connectivity index (χ4n) is 4.10. The third kappa shape index (κ3) is 3.96. The Morgan fingerprint density at radius 1 is 1.10 bits per heavy atom. The molecule has 3 aliphatic rings. The molecule has 1 aliphatic carbocycles. The summed E-state index contributed by atoms with van der Waals surface area (Å²) in [7, 11) is 0. The van der Waals surface area contributed by atoms with Gasteiger partial charge in [0.2, 0.25) is 12.7 Å². The van der Waals surface area contributed by atoms with Gasteiger partial charge in [0.25, 0.3) is 0 Å². The molecule has 2 aromatic rings. The predicted octanol–water partition coefficient (Wildman–Crippen LogP) is 4.37. The van der Waals surface area contributed by atoms with Gasteiger partial charge in [0.15, 0.2) is 17.2 Å². The van der Waals surface area contributed by atoms with Gasteiger partial charge in [-0.2, -0.15) is 0 Å². The van der Waals surface area contributed by atoms with Crippen molar-refractivity contribution in [3.8, 4) is 11.5 Å². The minimum atomic E-state index is -0.354. The number of nitrogens with one attached hydrogen (secondary N) is 2. The molecule has 5 rings (SSSR count). The molecule has 2 N–H and O–H groups in total. The van der Waals surface area contributed by atoms with E-state index in [1.54, 1.807) is 12.1 Å². The number of nitrogens with zero attached hydrogens (tertiary/aromatic N) is 2. The van der Waals surface area contributed by atoms with Gasteiger partial charge in [-0.25, -0.2) is 4.99 Å². The van der Waals surface area contributed by atoms with Gasteiger partial charge in [-0.1, -0.05) is 24.6 Å². The van der Waals surface area contributed by atoms with E-state index in [2.05, 4.69) is 10.3 Å². The van der Waals surface area contributed by atoms with Crippen LogP contribution in [0.5, 0.6) is 11.5 Å². The molecule has 0 atom stereocenters. The Bertz CT molecular complexity index is 992. The SMILES string of the molecule is O=C(CSC1=NC2(CCCCCC2)N=C1c1ccc[nH]1)Nc1ccc2c(c1)OCO2. The van der Waals surface area contributed by atoms with E-state index in [1.165, 1.54) is 24.6 Å². The van der Waals surface area contributed by atoms with Crippen LogP contribution in [0.3, 0.4) is 0 Å². The summed E-state index contributed by atoms with van der Waals surface area (Å²) in [5.74, 6) is 1.53.